The monoisotopic (exact) mass is 328 g/mol. The molecule has 0 spiro atoms. The highest BCUT2D eigenvalue weighted by molar-refractivity contribution is 5.73. The highest BCUT2D eigenvalue weighted by Crippen LogP contribution is 2.20. The summed E-state index contributed by atoms with van der Waals surface area (Å²) in [6.07, 6.45) is 1.69. The average molecular weight is 328 g/mol. The molecule has 0 aliphatic rings. The van der Waals surface area contributed by atoms with Gasteiger partial charge in [0.1, 0.15) is 17.3 Å². The summed E-state index contributed by atoms with van der Waals surface area (Å²) in [6, 6.07) is 11.1. The Morgan fingerprint density at radius 2 is 1.88 bits per heavy atom. The van der Waals surface area contributed by atoms with E-state index in [1.165, 1.54) is 12.1 Å². The van der Waals surface area contributed by atoms with Gasteiger partial charge in [0.05, 0.1) is 6.54 Å². The lowest BCUT2D eigenvalue weighted by molar-refractivity contribution is 0.239. The number of aromatic nitrogens is 2. The Kier molecular flexibility index (Phi) is 4.60. The second-order valence-corrected chi connectivity index (χ2v) is 5.27. The minimum atomic E-state index is -0.321. The molecule has 1 aromatic carbocycles. The van der Waals surface area contributed by atoms with Crippen molar-refractivity contribution in [1.82, 2.24) is 20.4 Å². The fourth-order valence-electron chi connectivity index (χ4n) is 2.24. The van der Waals surface area contributed by atoms with Crippen LogP contribution >= 0.6 is 0 Å². The van der Waals surface area contributed by atoms with Crippen molar-refractivity contribution in [3.8, 4) is 11.5 Å². The van der Waals surface area contributed by atoms with E-state index < -0.39 is 0 Å². The fourth-order valence-corrected chi connectivity index (χ4v) is 2.24. The number of hydrogen-bond acceptors (Lipinski definition) is 3. The Hall–Kier alpha value is -3.09. The van der Waals surface area contributed by atoms with Crippen LogP contribution in [-0.4, -0.2) is 15.8 Å². The van der Waals surface area contributed by atoms with Crippen molar-refractivity contribution in [2.75, 3.05) is 0 Å². The number of halogens is 1. The quantitative estimate of drug-likeness (QED) is 0.756. The lowest BCUT2D eigenvalue weighted by Gasteiger charge is -2.06. The molecule has 2 heterocycles. The molecule has 3 aromatic rings. The van der Waals surface area contributed by atoms with Crippen LogP contribution in [0.25, 0.3) is 11.5 Å². The topological polar surface area (TPSA) is 72.1 Å². The van der Waals surface area contributed by atoms with E-state index in [-0.39, 0.29) is 18.4 Å². The maximum absolute atomic E-state index is 12.8. The van der Waals surface area contributed by atoms with Crippen LogP contribution in [0.2, 0.25) is 0 Å². The summed E-state index contributed by atoms with van der Waals surface area (Å²) in [4.78, 5) is 11.8. The highest BCUT2D eigenvalue weighted by Gasteiger charge is 2.09. The molecular formula is C17H17FN4O2. The van der Waals surface area contributed by atoms with Gasteiger partial charge in [-0.1, -0.05) is 12.1 Å². The fraction of sp³-hybridized carbons (Fsp3) is 0.176. The number of urea groups is 1. The minimum absolute atomic E-state index is 0.271. The van der Waals surface area contributed by atoms with Crippen molar-refractivity contribution < 1.29 is 13.6 Å². The molecule has 0 bridgehead atoms. The number of nitrogens with zero attached hydrogens (tertiary/aromatic N) is 2. The minimum Gasteiger partial charge on any atom is -0.458 e. The third-order valence-corrected chi connectivity index (χ3v) is 3.52. The molecular weight excluding hydrogens is 311 g/mol. The van der Waals surface area contributed by atoms with Gasteiger partial charge in [0.25, 0.3) is 0 Å². The van der Waals surface area contributed by atoms with E-state index in [0.29, 0.717) is 18.1 Å². The molecule has 0 fully saturated rings. The Morgan fingerprint density at radius 3 is 2.58 bits per heavy atom. The number of rotatable bonds is 5. The Morgan fingerprint density at radius 1 is 1.12 bits per heavy atom. The van der Waals surface area contributed by atoms with Crippen molar-refractivity contribution in [3.63, 3.8) is 0 Å². The molecule has 2 amide bonds. The largest absolute Gasteiger partial charge is 0.458 e. The molecule has 2 N–H and O–H groups in total. The van der Waals surface area contributed by atoms with Gasteiger partial charge >= 0.3 is 6.03 Å². The maximum Gasteiger partial charge on any atom is 0.315 e. The molecule has 0 aliphatic carbocycles. The highest BCUT2D eigenvalue weighted by atomic mass is 19.1. The zero-order valence-electron chi connectivity index (χ0n) is 13.1. The molecule has 2 aromatic heterocycles. The van der Waals surface area contributed by atoms with Crippen LogP contribution < -0.4 is 10.6 Å². The molecule has 0 radical (unpaired) electrons. The van der Waals surface area contributed by atoms with E-state index in [2.05, 4.69) is 15.7 Å². The van der Waals surface area contributed by atoms with Gasteiger partial charge in [0.2, 0.25) is 0 Å². The normalized spacial score (nSPS) is 10.6. The second-order valence-electron chi connectivity index (χ2n) is 5.27. The number of nitrogens with one attached hydrogen (secondary N) is 2. The van der Waals surface area contributed by atoms with E-state index in [4.69, 9.17) is 4.42 Å². The molecule has 0 saturated heterocycles. The predicted molar refractivity (Wildman–Crippen MR) is 86.4 cm³/mol. The number of hydrogen-bond donors (Lipinski definition) is 2. The number of carbonyl (C=O) groups excluding carboxylic acids is 1. The predicted octanol–water partition coefficient (Wildman–Crippen LogP) is 2.82. The first-order valence-electron chi connectivity index (χ1n) is 7.45. The number of benzene rings is 1. The molecule has 7 heteroatoms. The number of aryl methyl sites for hydroxylation is 1. The number of furan rings is 1. The average Bonchev–Trinajstić information content (AvgIpc) is 3.21. The van der Waals surface area contributed by atoms with Crippen LogP contribution in [0.5, 0.6) is 0 Å². The molecule has 124 valence electrons. The molecule has 0 saturated carbocycles. The van der Waals surface area contributed by atoms with E-state index >= 15 is 0 Å². The molecule has 0 aliphatic heterocycles. The van der Waals surface area contributed by atoms with E-state index in [1.807, 2.05) is 25.2 Å². The maximum atomic E-state index is 12.8. The third kappa shape index (κ3) is 3.81. The van der Waals surface area contributed by atoms with Gasteiger partial charge in [0.15, 0.2) is 5.76 Å². The first-order chi connectivity index (χ1) is 11.6. The Labute approximate surface area is 138 Å². The van der Waals surface area contributed by atoms with Crippen LogP contribution in [0.3, 0.4) is 0 Å². The van der Waals surface area contributed by atoms with Gasteiger partial charge < -0.3 is 15.1 Å². The Bertz CT molecular complexity index is 823. The summed E-state index contributed by atoms with van der Waals surface area (Å²) in [5, 5.41) is 9.51. The van der Waals surface area contributed by atoms with Crippen LogP contribution in [0.1, 0.15) is 11.3 Å². The lowest BCUT2D eigenvalue weighted by Crippen LogP contribution is -2.34. The van der Waals surface area contributed by atoms with Crippen molar-refractivity contribution in [2.45, 2.75) is 13.1 Å². The summed E-state index contributed by atoms with van der Waals surface area (Å²) >= 11 is 0. The van der Waals surface area contributed by atoms with Crippen molar-refractivity contribution in [3.05, 3.63) is 65.8 Å². The van der Waals surface area contributed by atoms with Gasteiger partial charge in [-0.15, -0.1) is 0 Å². The summed E-state index contributed by atoms with van der Waals surface area (Å²) in [5.41, 5.74) is 1.69. The smallest absolute Gasteiger partial charge is 0.315 e. The van der Waals surface area contributed by atoms with Gasteiger partial charge in [-0.05, 0) is 35.9 Å². The zero-order valence-corrected chi connectivity index (χ0v) is 13.1. The molecule has 0 unspecified atom stereocenters. The van der Waals surface area contributed by atoms with Crippen LogP contribution in [0.4, 0.5) is 9.18 Å². The summed E-state index contributed by atoms with van der Waals surface area (Å²) in [6.45, 7) is 0.595. The molecule has 6 nitrogen and oxygen atoms in total. The SMILES string of the molecule is Cn1nccc1-c1ccc(CNC(=O)NCc2ccc(F)cc2)o1. The van der Waals surface area contributed by atoms with E-state index in [9.17, 15) is 9.18 Å². The first kappa shape index (κ1) is 15.8. The standard InChI is InChI=1S/C17H17FN4O2/c1-22-15(8-9-21-22)16-7-6-14(24-16)11-20-17(23)19-10-12-2-4-13(18)5-3-12/h2-9H,10-11H2,1H3,(H2,19,20,23). The van der Waals surface area contributed by atoms with Crippen molar-refractivity contribution >= 4 is 6.03 Å². The van der Waals surface area contributed by atoms with Crippen molar-refractivity contribution in [2.24, 2.45) is 7.05 Å². The summed E-state index contributed by atoms with van der Waals surface area (Å²) in [7, 11) is 1.83. The number of carbonyl (C=O) groups is 1. The molecule has 3 rings (SSSR count). The van der Waals surface area contributed by atoms with E-state index in [0.717, 1.165) is 11.3 Å². The van der Waals surface area contributed by atoms with Gasteiger partial charge in [0, 0.05) is 19.8 Å². The first-order valence-corrected chi connectivity index (χ1v) is 7.45. The summed E-state index contributed by atoms with van der Waals surface area (Å²) < 4.78 is 20.2. The molecule has 24 heavy (non-hydrogen) atoms. The van der Waals surface area contributed by atoms with E-state index in [1.54, 1.807) is 23.0 Å². The van der Waals surface area contributed by atoms with Crippen LogP contribution in [0.15, 0.2) is 53.1 Å². The molecule has 0 atom stereocenters. The Balaban J connectivity index is 1.49. The summed E-state index contributed by atoms with van der Waals surface area (Å²) in [5.74, 6) is 1.03. The lowest BCUT2D eigenvalue weighted by atomic mass is 10.2. The van der Waals surface area contributed by atoms with Gasteiger partial charge in [-0.2, -0.15) is 5.10 Å². The second kappa shape index (κ2) is 6.99. The van der Waals surface area contributed by atoms with Gasteiger partial charge in [-0.25, -0.2) is 9.18 Å². The van der Waals surface area contributed by atoms with Crippen LogP contribution in [-0.2, 0) is 20.1 Å². The van der Waals surface area contributed by atoms with Gasteiger partial charge in [-0.3, -0.25) is 4.68 Å². The third-order valence-electron chi connectivity index (χ3n) is 3.52. The van der Waals surface area contributed by atoms with Crippen LogP contribution in [0, 0.1) is 5.82 Å². The number of amides is 2. The zero-order chi connectivity index (χ0) is 16.9. The van der Waals surface area contributed by atoms with Crippen molar-refractivity contribution in [1.29, 1.82) is 0 Å².